The SMILES string of the molecule is COc1cc(F)ccc1C1=NCCC1. The number of rotatable bonds is 2. The molecule has 0 aromatic heterocycles. The molecule has 0 amide bonds. The predicted molar refractivity (Wildman–Crippen MR) is 53.6 cm³/mol. The molecule has 1 aliphatic heterocycles. The van der Waals surface area contributed by atoms with Gasteiger partial charge in [-0.15, -0.1) is 0 Å². The van der Waals surface area contributed by atoms with Crippen LogP contribution in [0.5, 0.6) is 5.75 Å². The molecular weight excluding hydrogens is 181 g/mol. The molecule has 2 rings (SSSR count). The number of benzene rings is 1. The van der Waals surface area contributed by atoms with Gasteiger partial charge < -0.3 is 4.74 Å². The molecule has 0 atom stereocenters. The highest BCUT2D eigenvalue weighted by molar-refractivity contribution is 6.03. The smallest absolute Gasteiger partial charge is 0.130 e. The van der Waals surface area contributed by atoms with Crippen LogP contribution >= 0.6 is 0 Å². The van der Waals surface area contributed by atoms with Gasteiger partial charge in [-0.3, -0.25) is 4.99 Å². The lowest BCUT2D eigenvalue weighted by Crippen LogP contribution is -2.00. The summed E-state index contributed by atoms with van der Waals surface area (Å²) in [4.78, 5) is 4.36. The van der Waals surface area contributed by atoms with Crippen molar-refractivity contribution in [2.75, 3.05) is 13.7 Å². The van der Waals surface area contributed by atoms with Crippen molar-refractivity contribution >= 4 is 5.71 Å². The Morgan fingerprint density at radius 3 is 2.93 bits per heavy atom. The monoisotopic (exact) mass is 193 g/mol. The van der Waals surface area contributed by atoms with E-state index in [0.717, 1.165) is 30.7 Å². The van der Waals surface area contributed by atoms with E-state index in [-0.39, 0.29) is 5.82 Å². The Kier molecular flexibility index (Phi) is 2.48. The van der Waals surface area contributed by atoms with Gasteiger partial charge in [0.25, 0.3) is 0 Å². The molecule has 74 valence electrons. The van der Waals surface area contributed by atoms with Crippen LogP contribution in [0.2, 0.25) is 0 Å². The number of hydrogen-bond donors (Lipinski definition) is 0. The third-order valence-corrected chi connectivity index (χ3v) is 2.35. The van der Waals surface area contributed by atoms with Gasteiger partial charge in [-0.05, 0) is 25.0 Å². The van der Waals surface area contributed by atoms with E-state index in [9.17, 15) is 4.39 Å². The van der Waals surface area contributed by atoms with E-state index in [2.05, 4.69) is 4.99 Å². The van der Waals surface area contributed by atoms with Crippen molar-refractivity contribution in [3.8, 4) is 5.75 Å². The number of halogens is 1. The van der Waals surface area contributed by atoms with Crippen molar-refractivity contribution < 1.29 is 9.13 Å². The maximum Gasteiger partial charge on any atom is 0.130 e. The highest BCUT2D eigenvalue weighted by atomic mass is 19.1. The summed E-state index contributed by atoms with van der Waals surface area (Å²) in [6.07, 6.45) is 2.04. The summed E-state index contributed by atoms with van der Waals surface area (Å²) in [5.74, 6) is 0.301. The molecule has 3 heteroatoms. The Balaban J connectivity index is 2.41. The fraction of sp³-hybridized carbons (Fsp3) is 0.364. The molecule has 1 aromatic rings. The van der Waals surface area contributed by atoms with E-state index in [1.54, 1.807) is 13.2 Å². The van der Waals surface area contributed by atoms with Crippen molar-refractivity contribution in [1.29, 1.82) is 0 Å². The zero-order chi connectivity index (χ0) is 9.97. The highest BCUT2D eigenvalue weighted by Crippen LogP contribution is 2.24. The normalized spacial score (nSPS) is 15.4. The maximum absolute atomic E-state index is 12.9. The van der Waals surface area contributed by atoms with E-state index in [1.807, 2.05) is 0 Å². The van der Waals surface area contributed by atoms with Crippen molar-refractivity contribution in [3.63, 3.8) is 0 Å². The molecule has 0 aliphatic carbocycles. The number of aliphatic imine (C=N–C) groups is 1. The Bertz CT molecular complexity index is 374. The summed E-state index contributed by atoms with van der Waals surface area (Å²) in [6, 6.07) is 4.58. The third-order valence-electron chi connectivity index (χ3n) is 2.35. The predicted octanol–water partition coefficient (Wildman–Crippen LogP) is 2.42. The summed E-state index contributed by atoms with van der Waals surface area (Å²) >= 11 is 0. The molecule has 0 saturated heterocycles. The van der Waals surface area contributed by atoms with E-state index in [1.165, 1.54) is 12.1 Å². The van der Waals surface area contributed by atoms with E-state index < -0.39 is 0 Å². The molecule has 0 spiro atoms. The first kappa shape index (κ1) is 9.19. The van der Waals surface area contributed by atoms with Crippen LogP contribution in [0.3, 0.4) is 0 Å². The van der Waals surface area contributed by atoms with E-state index in [0.29, 0.717) is 5.75 Å². The van der Waals surface area contributed by atoms with Crippen LogP contribution in [0, 0.1) is 5.82 Å². The van der Waals surface area contributed by atoms with Gasteiger partial charge in [0, 0.05) is 23.9 Å². The zero-order valence-electron chi connectivity index (χ0n) is 8.09. The molecular formula is C11H12FNO. The minimum absolute atomic E-state index is 0.274. The van der Waals surface area contributed by atoms with Gasteiger partial charge >= 0.3 is 0 Å². The van der Waals surface area contributed by atoms with Crippen molar-refractivity contribution in [2.24, 2.45) is 4.99 Å². The van der Waals surface area contributed by atoms with Crippen LogP contribution in [-0.4, -0.2) is 19.4 Å². The maximum atomic E-state index is 12.9. The average Bonchev–Trinajstić information content (AvgIpc) is 2.70. The average molecular weight is 193 g/mol. The first-order valence-electron chi connectivity index (χ1n) is 4.68. The lowest BCUT2D eigenvalue weighted by molar-refractivity contribution is 0.410. The Morgan fingerprint density at radius 2 is 2.29 bits per heavy atom. The van der Waals surface area contributed by atoms with E-state index >= 15 is 0 Å². The minimum atomic E-state index is -0.274. The van der Waals surface area contributed by atoms with Crippen molar-refractivity contribution in [1.82, 2.24) is 0 Å². The van der Waals surface area contributed by atoms with Crippen LogP contribution in [0.15, 0.2) is 23.2 Å². The second-order valence-electron chi connectivity index (χ2n) is 3.28. The third kappa shape index (κ3) is 1.62. The summed E-state index contributed by atoms with van der Waals surface area (Å²) < 4.78 is 18.0. The van der Waals surface area contributed by atoms with Crippen molar-refractivity contribution in [2.45, 2.75) is 12.8 Å². The van der Waals surface area contributed by atoms with Gasteiger partial charge in [-0.1, -0.05) is 0 Å². The quantitative estimate of drug-likeness (QED) is 0.706. The molecule has 0 bridgehead atoms. The van der Waals surface area contributed by atoms with Crippen molar-refractivity contribution in [3.05, 3.63) is 29.6 Å². The molecule has 0 saturated carbocycles. The molecule has 0 unspecified atom stereocenters. The standard InChI is InChI=1S/C11H12FNO/c1-14-11-7-8(12)4-5-9(11)10-3-2-6-13-10/h4-5,7H,2-3,6H2,1H3. The van der Waals surface area contributed by atoms with Gasteiger partial charge in [0.05, 0.1) is 7.11 Å². The number of nitrogens with zero attached hydrogens (tertiary/aromatic N) is 1. The van der Waals surface area contributed by atoms with E-state index in [4.69, 9.17) is 4.74 Å². The van der Waals surface area contributed by atoms with Gasteiger partial charge in [0.2, 0.25) is 0 Å². The Morgan fingerprint density at radius 1 is 1.43 bits per heavy atom. The zero-order valence-corrected chi connectivity index (χ0v) is 8.09. The van der Waals surface area contributed by atoms with Crippen LogP contribution in [-0.2, 0) is 0 Å². The largest absolute Gasteiger partial charge is 0.496 e. The summed E-state index contributed by atoms with van der Waals surface area (Å²) in [6.45, 7) is 0.871. The number of methoxy groups -OCH3 is 1. The van der Waals surface area contributed by atoms with Crippen LogP contribution < -0.4 is 4.74 Å². The van der Waals surface area contributed by atoms with Gasteiger partial charge in [0.15, 0.2) is 0 Å². The van der Waals surface area contributed by atoms with Crippen LogP contribution in [0.4, 0.5) is 4.39 Å². The summed E-state index contributed by atoms with van der Waals surface area (Å²) in [5, 5.41) is 0. The molecule has 14 heavy (non-hydrogen) atoms. The molecule has 0 N–H and O–H groups in total. The first-order chi connectivity index (χ1) is 6.81. The molecule has 0 fully saturated rings. The molecule has 1 heterocycles. The highest BCUT2D eigenvalue weighted by Gasteiger charge is 2.13. The number of hydrogen-bond acceptors (Lipinski definition) is 2. The molecule has 2 nitrogen and oxygen atoms in total. The van der Waals surface area contributed by atoms with Gasteiger partial charge in [-0.25, -0.2) is 4.39 Å². The second-order valence-corrected chi connectivity index (χ2v) is 3.28. The number of ether oxygens (including phenoxy) is 1. The lowest BCUT2D eigenvalue weighted by atomic mass is 10.1. The molecule has 0 radical (unpaired) electrons. The second kappa shape index (κ2) is 3.78. The lowest BCUT2D eigenvalue weighted by Gasteiger charge is -2.07. The van der Waals surface area contributed by atoms with Crippen LogP contribution in [0.25, 0.3) is 0 Å². The minimum Gasteiger partial charge on any atom is -0.496 e. The topological polar surface area (TPSA) is 21.6 Å². The fourth-order valence-corrected chi connectivity index (χ4v) is 1.66. The molecule has 1 aromatic carbocycles. The molecule has 1 aliphatic rings. The summed E-state index contributed by atoms with van der Waals surface area (Å²) in [7, 11) is 1.55. The van der Waals surface area contributed by atoms with Gasteiger partial charge in [-0.2, -0.15) is 0 Å². The fourth-order valence-electron chi connectivity index (χ4n) is 1.66. The Hall–Kier alpha value is -1.38. The van der Waals surface area contributed by atoms with Crippen LogP contribution in [0.1, 0.15) is 18.4 Å². The van der Waals surface area contributed by atoms with Gasteiger partial charge in [0.1, 0.15) is 11.6 Å². The Labute approximate surface area is 82.4 Å². The summed E-state index contributed by atoms with van der Waals surface area (Å²) in [5.41, 5.74) is 1.95. The first-order valence-corrected chi connectivity index (χ1v) is 4.68.